The fourth-order valence-electron chi connectivity index (χ4n) is 1.98. The van der Waals surface area contributed by atoms with Crippen LogP contribution in [0.3, 0.4) is 0 Å². The third kappa shape index (κ3) is 3.93. The van der Waals surface area contributed by atoms with Crippen molar-refractivity contribution >= 4 is 34.8 Å². The molecule has 0 bridgehead atoms. The van der Waals surface area contributed by atoms with Crippen molar-refractivity contribution in [3.63, 3.8) is 0 Å². The predicted octanol–water partition coefficient (Wildman–Crippen LogP) is 5.10. The number of hydrogen-bond acceptors (Lipinski definition) is 2. The van der Waals surface area contributed by atoms with Crippen LogP contribution in [0.4, 0.5) is 5.69 Å². The third-order valence-electron chi connectivity index (χ3n) is 3.24. The highest BCUT2D eigenvalue weighted by Crippen LogP contribution is 2.30. The second-order valence-electron chi connectivity index (χ2n) is 4.87. The van der Waals surface area contributed by atoms with Gasteiger partial charge in [0.1, 0.15) is 5.75 Å². The fraction of sp³-hybridized carbons (Fsp3) is 0.235. The minimum atomic E-state index is -0.601. The van der Waals surface area contributed by atoms with Crippen molar-refractivity contribution in [3.05, 3.63) is 58.1 Å². The van der Waals surface area contributed by atoms with Gasteiger partial charge in [-0.1, -0.05) is 54.4 Å². The minimum Gasteiger partial charge on any atom is -0.480 e. The number of anilines is 1. The first-order valence-electron chi connectivity index (χ1n) is 7.00. The van der Waals surface area contributed by atoms with Crippen molar-refractivity contribution in [3.8, 4) is 5.75 Å². The van der Waals surface area contributed by atoms with E-state index < -0.39 is 6.10 Å². The first-order chi connectivity index (χ1) is 10.5. The van der Waals surface area contributed by atoms with Crippen LogP contribution in [0.5, 0.6) is 5.75 Å². The van der Waals surface area contributed by atoms with Crippen LogP contribution in [0.1, 0.15) is 18.9 Å². The van der Waals surface area contributed by atoms with Crippen molar-refractivity contribution < 1.29 is 9.53 Å². The van der Waals surface area contributed by atoms with E-state index in [9.17, 15) is 4.79 Å². The van der Waals surface area contributed by atoms with Gasteiger partial charge >= 0.3 is 0 Å². The maximum absolute atomic E-state index is 12.4. The lowest BCUT2D eigenvalue weighted by molar-refractivity contribution is -0.122. The average Bonchev–Trinajstić information content (AvgIpc) is 2.51. The molecule has 0 fully saturated rings. The van der Waals surface area contributed by atoms with Gasteiger partial charge in [-0.15, -0.1) is 0 Å². The van der Waals surface area contributed by atoms with Gasteiger partial charge in [-0.2, -0.15) is 0 Å². The van der Waals surface area contributed by atoms with E-state index in [-0.39, 0.29) is 5.91 Å². The Labute approximate surface area is 140 Å². The molecule has 2 aromatic carbocycles. The Morgan fingerprint density at radius 3 is 2.59 bits per heavy atom. The van der Waals surface area contributed by atoms with Crippen LogP contribution >= 0.6 is 23.2 Å². The number of hydrogen-bond donors (Lipinski definition) is 1. The van der Waals surface area contributed by atoms with E-state index in [1.54, 1.807) is 18.2 Å². The minimum absolute atomic E-state index is 0.255. The van der Waals surface area contributed by atoms with Gasteiger partial charge in [-0.05, 0) is 37.1 Å². The molecule has 0 heterocycles. The quantitative estimate of drug-likeness (QED) is 0.824. The lowest BCUT2D eigenvalue weighted by Crippen LogP contribution is -2.32. The Morgan fingerprint density at radius 2 is 1.91 bits per heavy atom. The molecule has 1 N–H and O–H groups in total. The summed E-state index contributed by atoms with van der Waals surface area (Å²) < 4.78 is 5.81. The van der Waals surface area contributed by atoms with Crippen LogP contribution in [0.25, 0.3) is 0 Å². The number of benzene rings is 2. The van der Waals surface area contributed by atoms with Crippen LogP contribution in [0, 0.1) is 6.92 Å². The van der Waals surface area contributed by atoms with Crippen LogP contribution < -0.4 is 10.1 Å². The van der Waals surface area contributed by atoms with Gasteiger partial charge in [-0.25, -0.2) is 0 Å². The highest BCUT2D eigenvalue weighted by atomic mass is 35.5. The van der Waals surface area contributed by atoms with Crippen molar-refractivity contribution in [1.29, 1.82) is 0 Å². The van der Waals surface area contributed by atoms with Crippen molar-refractivity contribution in [1.82, 2.24) is 0 Å². The number of carbonyl (C=O) groups is 1. The molecule has 0 aliphatic carbocycles. The summed E-state index contributed by atoms with van der Waals surface area (Å²) in [6.45, 7) is 3.83. The summed E-state index contributed by atoms with van der Waals surface area (Å²) in [7, 11) is 0. The number of ether oxygens (including phenoxy) is 1. The summed E-state index contributed by atoms with van der Waals surface area (Å²) >= 11 is 12.0. The summed E-state index contributed by atoms with van der Waals surface area (Å²) in [5, 5.41) is 3.48. The van der Waals surface area contributed by atoms with E-state index in [4.69, 9.17) is 27.9 Å². The van der Waals surface area contributed by atoms with Gasteiger partial charge in [0.2, 0.25) is 0 Å². The highest BCUT2D eigenvalue weighted by molar-refractivity contribution is 6.44. The Hall–Kier alpha value is -1.71. The van der Waals surface area contributed by atoms with Crippen LogP contribution in [0.2, 0.25) is 10.0 Å². The molecule has 22 heavy (non-hydrogen) atoms. The Kier molecular flexibility index (Phi) is 5.69. The Bertz CT molecular complexity index is 673. The van der Waals surface area contributed by atoms with Crippen molar-refractivity contribution in [2.24, 2.45) is 0 Å². The zero-order valence-corrected chi connectivity index (χ0v) is 13.9. The molecule has 2 aromatic rings. The van der Waals surface area contributed by atoms with E-state index in [2.05, 4.69) is 5.32 Å². The van der Waals surface area contributed by atoms with E-state index in [0.717, 1.165) is 5.56 Å². The highest BCUT2D eigenvalue weighted by Gasteiger charge is 2.20. The molecular weight excluding hydrogens is 321 g/mol. The molecular formula is C17H17Cl2NO2. The molecule has 0 aliphatic rings. The number of aryl methyl sites for hydroxylation is 1. The molecule has 0 radical (unpaired) electrons. The van der Waals surface area contributed by atoms with E-state index >= 15 is 0 Å². The first-order valence-corrected chi connectivity index (χ1v) is 7.75. The number of halogens is 2. The molecule has 0 unspecified atom stereocenters. The lowest BCUT2D eigenvalue weighted by Gasteiger charge is -2.19. The molecule has 1 amide bonds. The standard InChI is InChI=1S/C17H17Cl2NO2/c1-3-14(22-15-10-5-4-7-11(15)2)17(21)20-13-9-6-8-12(18)16(13)19/h4-10,14H,3H2,1-2H3,(H,20,21)/t14-/m0/s1. The normalized spacial score (nSPS) is 11.8. The van der Waals surface area contributed by atoms with Gasteiger partial charge in [0.15, 0.2) is 6.10 Å². The number of carbonyl (C=O) groups excluding carboxylic acids is 1. The molecule has 1 atom stereocenters. The zero-order chi connectivity index (χ0) is 16.1. The second kappa shape index (κ2) is 7.52. The molecule has 5 heteroatoms. The SMILES string of the molecule is CC[C@H](Oc1ccccc1C)C(=O)Nc1cccc(Cl)c1Cl. The largest absolute Gasteiger partial charge is 0.480 e. The van der Waals surface area contributed by atoms with E-state index in [1.807, 2.05) is 38.1 Å². The number of nitrogens with one attached hydrogen (secondary N) is 1. The molecule has 2 rings (SSSR count). The number of para-hydroxylation sites is 1. The molecule has 0 spiro atoms. The summed E-state index contributed by atoms with van der Waals surface area (Å²) in [5.41, 5.74) is 1.46. The summed E-state index contributed by atoms with van der Waals surface area (Å²) in [5.74, 6) is 0.441. The van der Waals surface area contributed by atoms with Crippen molar-refractivity contribution in [2.45, 2.75) is 26.4 Å². The predicted molar refractivity (Wildman–Crippen MR) is 91.0 cm³/mol. The Morgan fingerprint density at radius 1 is 1.18 bits per heavy atom. The summed E-state index contributed by atoms with van der Waals surface area (Å²) in [6, 6.07) is 12.7. The molecule has 0 saturated heterocycles. The number of rotatable bonds is 5. The van der Waals surface area contributed by atoms with Gasteiger partial charge in [-0.3, -0.25) is 4.79 Å². The molecule has 3 nitrogen and oxygen atoms in total. The molecule has 116 valence electrons. The van der Waals surface area contributed by atoms with Crippen LogP contribution in [-0.4, -0.2) is 12.0 Å². The van der Waals surface area contributed by atoms with Crippen molar-refractivity contribution in [2.75, 3.05) is 5.32 Å². The fourth-order valence-corrected chi connectivity index (χ4v) is 2.33. The summed E-state index contributed by atoms with van der Waals surface area (Å²) in [6.07, 6.45) is -0.0608. The van der Waals surface area contributed by atoms with Gasteiger partial charge in [0.25, 0.3) is 5.91 Å². The lowest BCUT2D eigenvalue weighted by atomic mass is 10.2. The van der Waals surface area contributed by atoms with E-state index in [0.29, 0.717) is 27.9 Å². The van der Waals surface area contributed by atoms with Gasteiger partial charge in [0.05, 0.1) is 15.7 Å². The monoisotopic (exact) mass is 337 g/mol. The first kappa shape index (κ1) is 16.7. The second-order valence-corrected chi connectivity index (χ2v) is 5.66. The van der Waals surface area contributed by atoms with Crippen LogP contribution in [-0.2, 0) is 4.79 Å². The maximum Gasteiger partial charge on any atom is 0.265 e. The van der Waals surface area contributed by atoms with Crippen LogP contribution in [0.15, 0.2) is 42.5 Å². The number of amides is 1. The topological polar surface area (TPSA) is 38.3 Å². The molecule has 0 aromatic heterocycles. The molecule has 0 aliphatic heterocycles. The smallest absolute Gasteiger partial charge is 0.265 e. The molecule has 0 saturated carbocycles. The van der Waals surface area contributed by atoms with E-state index in [1.165, 1.54) is 0 Å². The summed E-state index contributed by atoms with van der Waals surface area (Å²) in [4.78, 5) is 12.4. The van der Waals surface area contributed by atoms with Gasteiger partial charge < -0.3 is 10.1 Å². The Balaban J connectivity index is 2.12. The zero-order valence-electron chi connectivity index (χ0n) is 12.4. The third-order valence-corrected chi connectivity index (χ3v) is 4.05. The van der Waals surface area contributed by atoms with Gasteiger partial charge in [0, 0.05) is 0 Å². The average molecular weight is 338 g/mol. The maximum atomic E-state index is 12.4.